The molecule has 6 nitrogen and oxygen atoms in total. The lowest BCUT2D eigenvalue weighted by molar-refractivity contribution is 0.188. The van der Waals surface area contributed by atoms with Crippen LogP contribution in [0.1, 0.15) is 16.8 Å². The van der Waals surface area contributed by atoms with Crippen LogP contribution in [0.25, 0.3) is 21.6 Å². The lowest BCUT2D eigenvalue weighted by Crippen LogP contribution is -2.35. The molecule has 5 rings (SSSR count). The monoisotopic (exact) mass is 420 g/mol. The third-order valence-electron chi connectivity index (χ3n) is 5.70. The molecule has 0 saturated carbocycles. The van der Waals surface area contributed by atoms with Crippen molar-refractivity contribution in [2.24, 2.45) is 0 Å². The van der Waals surface area contributed by atoms with E-state index in [9.17, 15) is 4.79 Å². The minimum absolute atomic E-state index is 0.0179. The summed E-state index contributed by atoms with van der Waals surface area (Å²) in [4.78, 5) is 23.9. The normalized spacial score (nSPS) is 14.3. The van der Waals surface area contributed by atoms with Crippen LogP contribution in [-0.2, 0) is 30.8 Å². The number of benzene rings is 1. The first-order valence-corrected chi connectivity index (χ1v) is 11.0. The molecule has 0 radical (unpaired) electrons. The molecule has 4 aromatic rings. The number of thiophene rings is 1. The number of nitrogens with zero attached hydrogens (tertiary/aromatic N) is 3. The van der Waals surface area contributed by atoms with Crippen molar-refractivity contribution in [2.75, 3.05) is 20.3 Å². The number of methoxy groups -OCH3 is 1. The molecule has 1 aliphatic heterocycles. The zero-order chi connectivity index (χ0) is 20.5. The highest BCUT2D eigenvalue weighted by Crippen LogP contribution is 2.26. The molecule has 4 heterocycles. The molecule has 0 amide bonds. The van der Waals surface area contributed by atoms with Crippen LogP contribution in [0.2, 0.25) is 0 Å². The van der Waals surface area contributed by atoms with Crippen LogP contribution in [0.4, 0.5) is 0 Å². The van der Waals surface area contributed by atoms with Gasteiger partial charge >= 0.3 is 0 Å². The molecule has 0 aliphatic carbocycles. The van der Waals surface area contributed by atoms with Gasteiger partial charge < -0.3 is 14.3 Å². The fourth-order valence-corrected chi connectivity index (χ4v) is 4.88. The zero-order valence-electron chi connectivity index (χ0n) is 16.9. The highest BCUT2D eigenvalue weighted by atomic mass is 32.1. The Morgan fingerprint density at radius 1 is 1.23 bits per heavy atom. The van der Waals surface area contributed by atoms with Gasteiger partial charge in [-0.05, 0) is 23.1 Å². The molecule has 3 aromatic heterocycles. The summed E-state index contributed by atoms with van der Waals surface area (Å²) < 4.78 is 7.52. The summed E-state index contributed by atoms with van der Waals surface area (Å²) in [5.74, 6) is 0.684. The van der Waals surface area contributed by atoms with Crippen LogP contribution in [0.5, 0.6) is 0 Å². The van der Waals surface area contributed by atoms with Crippen LogP contribution in [0.3, 0.4) is 0 Å². The maximum Gasteiger partial charge on any atom is 0.255 e. The number of aromatic nitrogens is 3. The summed E-state index contributed by atoms with van der Waals surface area (Å²) in [6.07, 6.45) is 3.02. The highest BCUT2D eigenvalue weighted by Gasteiger charge is 2.23. The molecule has 7 heteroatoms. The third-order valence-corrected chi connectivity index (χ3v) is 6.58. The van der Waals surface area contributed by atoms with Crippen LogP contribution >= 0.6 is 11.3 Å². The van der Waals surface area contributed by atoms with Gasteiger partial charge in [0.15, 0.2) is 5.82 Å². The summed E-state index contributed by atoms with van der Waals surface area (Å²) in [6, 6.07) is 12.4. The Bertz CT molecular complexity index is 1230. The Kier molecular flexibility index (Phi) is 5.25. The summed E-state index contributed by atoms with van der Waals surface area (Å²) in [7, 11) is 1.73. The van der Waals surface area contributed by atoms with Crippen LogP contribution in [0.15, 0.2) is 52.8 Å². The molecular formula is C23H24N4O2S. The highest BCUT2D eigenvalue weighted by molar-refractivity contribution is 7.13. The van der Waals surface area contributed by atoms with Crippen LogP contribution < -0.4 is 5.56 Å². The van der Waals surface area contributed by atoms with Crippen molar-refractivity contribution in [3.8, 4) is 10.7 Å². The molecule has 154 valence electrons. The van der Waals surface area contributed by atoms with Gasteiger partial charge in [0.2, 0.25) is 0 Å². The van der Waals surface area contributed by atoms with Crippen molar-refractivity contribution in [1.29, 1.82) is 0 Å². The minimum atomic E-state index is -0.0179. The first-order valence-electron chi connectivity index (χ1n) is 10.2. The number of para-hydroxylation sites is 1. The molecule has 0 fully saturated rings. The van der Waals surface area contributed by atoms with Gasteiger partial charge in [0.05, 0.1) is 22.7 Å². The molecule has 30 heavy (non-hydrogen) atoms. The fourth-order valence-electron chi connectivity index (χ4n) is 4.21. The van der Waals surface area contributed by atoms with Crippen molar-refractivity contribution in [3.05, 3.63) is 75.1 Å². The molecule has 0 saturated heterocycles. The smallest absolute Gasteiger partial charge is 0.255 e. The van der Waals surface area contributed by atoms with E-state index in [-0.39, 0.29) is 5.56 Å². The minimum Gasteiger partial charge on any atom is -0.383 e. The number of aromatic amines is 1. The summed E-state index contributed by atoms with van der Waals surface area (Å²) in [6.45, 7) is 3.84. The van der Waals surface area contributed by atoms with Crippen molar-refractivity contribution in [1.82, 2.24) is 19.4 Å². The average Bonchev–Trinajstić information content (AvgIpc) is 3.42. The first kappa shape index (κ1) is 19.2. The summed E-state index contributed by atoms with van der Waals surface area (Å²) >= 11 is 1.59. The Hall–Kier alpha value is -2.74. The number of ether oxygens (including phenoxy) is 1. The topological polar surface area (TPSA) is 63.1 Å². The van der Waals surface area contributed by atoms with E-state index in [1.807, 2.05) is 17.5 Å². The molecular weight excluding hydrogens is 396 g/mol. The van der Waals surface area contributed by atoms with E-state index in [4.69, 9.17) is 9.72 Å². The van der Waals surface area contributed by atoms with Crippen LogP contribution in [0, 0.1) is 0 Å². The molecule has 1 aliphatic rings. The van der Waals surface area contributed by atoms with Gasteiger partial charge in [-0.2, -0.15) is 0 Å². The standard InChI is InChI=1S/C23H24N4O2S/c1-29-11-10-27-14-16(17-5-2-3-6-20(17)27)13-26-9-8-19-18(15-26)23(28)25-22(24-19)21-7-4-12-30-21/h2-7,12,14H,8-11,13,15H2,1H3,(H,24,25,28). The Labute approximate surface area is 178 Å². The number of rotatable bonds is 6. The Morgan fingerprint density at radius 3 is 2.97 bits per heavy atom. The van der Waals surface area contributed by atoms with E-state index in [1.165, 1.54) is 16.5 Å². The van der Waals surface area contributed by atoms with Crippen LogP contribution in [-0.4, -0.2) is 39.7 Å². The predicted molar refractivity (Wildman–Crippen MR) is 120 cm³/mol. The molecule has 1 aromatic carbocycles. The van der Waals surface area contributed by atoms with E-state index in [0.717, 1.165) is 42.2 Å². The van der Waals surface area contributed by atoms with E-state index in [1.54, 1.807) is 18.4 Å². The van der Waals surface area contributed by atoms with Gasteiger partial charge in [-0.3, -0.25) is 9.69 Å². The zero-order valence-corrected chi connectivity index (χ0v) is 17.7. The van der Waals surface area contributed by atoms with E-state index >= 15 is 0 Å². The van der Waals surface area contributed by atoms with Gasteiger partial charge in [-0.25, -0.2) is 4.98 Å². The van der Waals surface area contributed by atoms with Gasteiger partial charge in [-0.1, -0.05) is 24.3 Å². The van der Waals surface area contributed by atoms with Gasteiger partial charge in [-0.15, -0.1) is 11.3 Å². The lowest BCUT2D eigenvalue weighted by atomic mass is 10.1. The van der Waals surface area contributed by atoms with E-state index < -0.39 is 0 Å². The van der Waals surface area contributed by atoms with Crippen molar-refractivity contribution in [2.45, 2.75) is 26.1 Å². The van der Waals surface area contributed by atoms with Crippen molar-refractivity contribution in [3.63, 3.8) is 0 Å². The maximum atomic E-state index is 12.8. The lowest BCUT2D eigenvalue weighted by Gasteiger charge is -2.27. The maximum absolute atomic E-state index is 12.8. The Balaban J connectivity index is 1.40. The second-order valence-electron chi connectivity index (χ2n) is 7.64. The van der Waals surface area contributed by atoms with Gasteiger partial charge in [0.1, 0.15) is 0 Å². The number of H-pyrrole nitrogens is 1. The quantitative estimate of drug-likeness (QED) is 0.517. The number of hydrogen-bond acceptors (Lipinski definition) is 5. The fraction of sp³-hybridized carbons (Fsp3) is 0.304. The molecule has 0 bridgehead atoms. The molecule has 0 unspecified atom stereocenters. The molecule has 0 atom stereocenters. The van der Waals surface area contributed by atoms with Crippen molar-refractivity contribution < 1.29 is 4.74 Å². The van der Waals surface area contributed by atoms with Crippen molar-refractivity contribution >= 4 is 22.2 Å². The Morgan fingerprint density at radius 2 is 2.13 bits per heavy atom. The van der Waals surface area contributed by atoms with Gasteiger partial charge in [0.25, 0.3) is 5.56 Å². The van der Waals surface area contributed by atoms with E-state index in [2.05, 4.69) is 44.9 Å². The molecule has 0 spiro atoms. The van der Waals surface area contributed by atoms with E-state index in [0.29, 0.717) is 19.0 Å². The third kappa shape index (κ3) is 3.60. The molecule has 1 N–H and O–H groups in total. The number of fused-ring (bicyclic) bond motifs is 2. The SMILES string of the molecule is COCCn1cc(CN2CCc3nc(-c4cccs4)[nH]c(=O)c3C2)c2ccccc21. The van der Waals surface area contributed by atoms with Gasteiger partial charge in [0, 0.05) is 56.8 Å². The summed E-state index contributed by atoms with van der Waals surface area (Å²) in [5, 5.41) is 3.26. The second kappa shape index (κ2) is 8.18. The average molecular weight is 421 g/mol. The second-order valence-corrected chi connectivity index (χ2v) is 8.58. The predicted octanol–water partition coefficient (Wildman–Crippen LogP) is 3.66. The first-order chi connectivity index (χ1) is 14.7. The largest absolute Gasteiger partial charge is 0.383 e. The number of hydrogen-bond donors (Lipinski definition) is 1. The number of nitrogens with one attached hydrogen (secondary N) is 1. The summed E-state index contributed by atoms with van der Waals surface area (Å²) in [5.41, 5.74) is 4.22.